The number of amides is 4. The molecule has 0 unspecified atom stereocenters. The van der Waals surface area contributed by atoms with Crippen LogP contribution in [0.4, 0.5) is 4.79 Å². The van der Waals surface area contributed by atoms with Crippen LogP contribution in [0.3, 0.4) is 0 Å². The van der Waals surface area contributed by atoms with Gasteiger partial charge in [0.05, 0.1) is 0 Å². The second-order valence-electron chi connectivity index (χ2n) is 1.60. The molecule has 0 radical (unpaired) electrons. The van der Waals surface area contributed by atoms with Crippen LogP contribution in [-0.4, -0.2) is 17.8 Å². The molecule has 0 aromatic heterocycles. The van der Waals surface area contributed by atoms with Crippen molar-refractivity contribution in [3.63, 3.8) is 0 Å². The Kier molecular flexibility index (Phi) is 3.02. The average molecular weight is 187 g/mol. The molecule has 6 heteroatoms. The van der Waals surface area contributed by atoms with Crippen LogP contribution in [0.2, 0.25) is 0 Å². The predicted octanol–water partition coefficient (Wildman–Crippen LogP) is -1.26. The molecule has 0 aromatic rings. The van der Waals surface area contributed by atoms with Crippen molar-refractivity contribution in [2.75, 3.05) is 0 Å². The Morgan fingerprint density at radius 1 is 1.00 bits per heavy atom. The third-order valence-corrected chi connectivity index (χ3v) is 0.827. The number of nitrogens with one attached hydrogen (secondary N) is 2. The van der Waals surface area contributed by atoms with Gasteiger partial charge in [0.2, 0.25) is 11.8 Å². The number of rotatable bonds is 0. The fourth-order valence-corrected chi connectivity index (χ4v) is 0.519. The summed E-state index contributed by atoms with van der Waals surface area (Å²) in [6.45, 7) is 0. The first kappa shape index (κ1) is 9.10. The van der Waals surface area contributed by atoms with Crippen LogP contribution in [0.25, 0.3) is 0 Å². The van der Waals surface area contributed by atoms with E-state index < -0.39 is 17.8 Å². The number of carbonyl (C=O) groups excluding carboxylic acids is 3. The van der Waals surface area contributed by atoms with Crippen molar-refractivity contribution in [1.29, 1.82) is 0 Å². The van der Waals surface area contributed by atoms with E-state index in [1.807, 2.05) is 10.6 Å². The molecule has 1 saturated heterocycles. The summed E-state index contributed by atoms with van der Waals surface area (Å²) in [5, 5.41) is 3.80. The first-order valence-electron chi connectivity index (χ1n) is 2.32. The van der Waals surface area contributed by atoms with Gasteiger partial charge in [0, 0.05) is 16.5 Å². The predicted molar refractivity (Wildman–Crippen MR) is 26.3 cm³/mol. The molecule has 0 spiro atoms. The smallest absolute Gasteiger partial charge is 0.277 e. The van der Waals surface area contributed by atoms with Crippen LogP contribution in [0.1, 0.15) is 6.42 Å². The Labute approximate surface area is 66.5 Å². The Balaban J connectivity index is 0.000000810. The number of carbonyl (C=O) groups is 3. The molecule has 0 atom stereocenters. The first-order chi connectivity index (χ1) is 4.18. The molecule has 1 aliphatic heterocycles. The molecule has 1 fully saturated rings. The zero-order valence-corrected chi connectivity index (χ0v) is 5.74. The van der Waals surface area contributed by atoms with Crippen molar-refractivity contribution in [1.82, 2.24) is 10.6 Å². The molecule has 10 heavy (non-hydrogen) atoms. The Morgan fingerprint density at radius 3 is 1.70 bits per heavy atom. The van der Waals surface area contributed by atoms with Crippen molar-refractivity contribution in [2.45, 2.75) is 6.42 Å². The monoisotopic (exact) mass is 186 g/mol. The SMILES string of the molecule is O=C1CC(=O)NC(=O)N1.[Ni]. The van der Waals surface area contributed by atoms with E-state index in [4.69, 9.17) is 0 Å². The van der Waals surface area contributed by atoms with E-state index in [0.29, 0.717) is 0 Å². The molecule has 1 aliphatic rings. The normalized spacial score (nSPS) is 17.0. The molecular weight excluding hydrogens is 183 g/mol. The molecule has 0 aliphatic carbocycles. The van der Waals surface area contributed by atoms with Crippen LogP contribution in [0.15, 0.2) is 0 Å². The number of hydrogen-bond acceptors (Lipinski definition) is 3. The minimum atomic E-state index is -0.740. The van der Waals surface area contributed by atoms with Gasteiger partial charge in [0.1, 0.15) is 6.42 Å². The number of barbiturate groups is 1. The number of imide groups is 2. The fourth-order valence-electron chi connectivity index (χ4n) is 0.519. The summed E-state index contributed by atoms with van der Waals surface area (Å²) in [5.41, 5.74) is 0. The van der Waals surface area contributed by atoms with Gasteiger partial charge in [-0.05, 0) is 0 Å². The second-order valence-corrected chi connectivity index (χ2v) is 1.60. The maximum absolute atomic E-state index is 10.3. The van der Waals surface area contributed by atoms with Crippen LogP contribution in [0.5, 0.6) is 0 Å². The molecule has 1 rings (SSSR count). The average Bonchev–Trinajstić information content (AvgIpc) is 1.59. The van der Waals surface area contributed by atoms with E-state index in [2.05, 4.69) is 0 Å². The van der Waals surface area contributed by atoms with Gasteiger partial charge in [0.25, 0.3) is 0 Å². The Bertz CT molecular complexity index is 146. The Morgan fingerprint density at radius 2 is 1.40 bits per heavy atom. The minimum Gasteiger partial charge on any atom is -0.277 e. The summed E-state index contributed by atoms with van der Waals surface area (Å²) < 4.78 is 0. The summed E-state index contributed by atoms with van der Waals surface area (Å²) in [6, 6.07) is -0.740. The molecule has 5 nitrogen and oxygen atoms in total. The molecule has 4 amide bonds. The summed E-state index contributed by atoms with van der Waals surface area (Å²) >= 11 is 0. The van der Waals surface area contributed by atoms with Crippen LogP contribution in [0, 0.1) is 0 Å². The van der Waals surface area contributed by atoms with Gasteiger partial charge < -0.3 is 0 Å². The van der Waals surface area contributed by atoms with E-state index in [9.17, 15) is 14.4 Å². The second kappa shape index (κ2) is 3.32. The van der Waals surface area contributed by atoms with E-state index in [0.717, 1.165) is 0 Å². The summed E-state index contributed by atoms with van der Waals surface area (Å²) in [4.78, 5) is 30.8. The number of hydrogen-bond donors (Lipinski definition) is 2. The van der Waals surface area contributed by atoms with Crippen LogP contribution >= 0.6 is 0 Å². The quantitative estimate of drug-likeness (QED) is 0.367. The number of urea groups is 1. The topological polar surface area (TPSA) is 75.3 Å². The van der Waals surface area contributed by atoms with E-state index in [1.165, 1.54) is 0 Å². The van der Waals surface area contributed by atoms with E-state index >= 15 is 0 Å². The zero-order valence-electron chi connectivity index (χ0n) is 4.75. The first-order valence-corrected chi connectivity index (χ1v) is 2.32. The van der Waals surface area contributed by atoms with Crippen molar-refractivity contribution in [2.24, 2.45) is 0 Å². The van der Waals surface area contributed by atoms with Crippen molar-refractivity contribution >= 4 is 17.8 Å². The van der Waals surface area contributed by atoms with Crippen LogP contribution in [-0.2, 0) is 26.1 Å². The molecule has 2 N–H and O–H groups in total. The van der Waals surface area contributed by atoms with Gasteiger partial charge in [-0.25, -0.2) is 4.79 Å². The van der Waals surface area contributed by atoms with Crippen molar-refractivity contribution < 1.29 is 30.9 Å². The molecular formula is C4H4N2NiO3. The third kappa shape index (κ3) is 2.15. The van der Waals surface area contributed by atoms with Gasteiger partial charge in [-0.3, -0.25) is 20.2 Å². The van der Waals surface area contributed by atoms with Crippen LogP contribution < -0.4 is 10.6 Å². The van der Waals surface area contributed by atoms with Gasteiger partial charge in [-0.1, -0.05) is 0 Å². The Hall–Kier alpha value is -0.896. The zero-order chi connectivity index (χ0) is 6.85. The molecule has 0 bridgehead atoms. The maximum atomic E-state index is 10.3. The van der Waals surface area contributed by atoms with Gasteiger partial charge >= 0.3 is 6.03 Å². The largest absolute Gasteiger partial charge is 0.328 e. The van der Waals surface area contributed by atoms with Gasteiger partial charge in [0.15, 0.2) is 0 Å². The molecule has 0 saturated carbocycles. The summed E-state index contributed by atoms with van der Waals surface area (Å²) in [5.74, 6) is -1.10. The van der Waals surface area contributed by atoms with Crippen molar-refractivity contribution in [3.8, 4) is 0 Å². The summed E-state index contributed by atoms with van der Waals surface area (Å²) in [7, 11) is 0. The summed E-state index contributed by atoms with van der Waals surface area (Å²) in [6.07, 6.45) is -0.258. The van der Waals surface area contributed by atoms with E-state index in [-0.39, 0.29) is 22.9 Å². The molecule has 58 valence electrons. The van der Waals surface area contributed by atoms with Gasteiger partial charge in [-0.15, -0.1) is 0 Å². The fraction of sp³-hybridized carbons (Fsp3) is 0.250. The van der Waals surface area contributed by atoms with Crippen molar-refractivity contribution in [3.05, 3.63) is 0 Å². The minimum absolute atomic E-state index is 0. The standard InChI is InChI=1S/C4H4N2O3.Ni/c7-2-1-3(8)6-4(9)5-2;/h1H2,(H2,5,6,7,8,9);. The molecule has 0 aromatic carbocycles. The van der Waals surface area contributed by atoms with E-state index in [1.54, 1.807) is 0 Å². The third-order valence-electron chi connectivity index (χ3n) is 0.827. The maximum Gasteiger partial charge on any atom is 0.328 e. The molecule has 1 heterocycles. The van der Waals surface area contributed by atoms with Gasteiger partial charge in [-0.2, -0.15) is 0 Å².